The van der Waals surface area contributed by atoms with E-state index in [0.29, 0.717) is 18.8 Å². The van der Waals surface area contributed by atoms with Crippen LogP contribution in [-0.4, -0.2) is 94.9 Å². The zero-order valence-corrected chi connectivity index (χ0v) is 26.5. The highest BCUT2D eigenvalue weighted by Gasteiger charge is 2.32. The maximum Gasteiger partial charge on any atom is 0.258 e. The molecule has 234 valence electrons. The number of fused-ring (bicyclic) bond motifs is 1. The van der Waals surface area contributed by atoms with E-state index in [1.54, 1.807) is 49.4 Å². The first kappa shape index (κ1) is 33.8. The number of sulfonamides is 2. The van der Waals surface area contributed by atoms with Crippen LogP contribution in [0, 0.1) is 5.92 Å². The lowest BCUT2D eigenvalue weighted by molar-refractivity contribution is -0.00833. The van der Waals surface area contributed by atoms with E-state index in [0.717, 1.165) is 19.1 Å². The lowest BCUT2D eigenvalue weighted by Crippen LogP contribution is -2.48. The van der Waals surface area contributed by atoms with Crippen LogP contribution in [0.1, 0.15) is 50.4 Å². The predicted molar refractivity (Wildman–Crippen MR) is 162 cm³/mol. The van der Waals surface area contributed by atoms with E-state index < -0.39 is 38.1 Å². The smallest absolute Gasteiger partial charge is 0.258 e. The van der Waals surface area contributed by atoms with Gasteiger partial charge in [-0.25, -0.2) is 16.8 Å². The second-order valence-corrected chi connectivity index (χ2v) is 14.8. The summed E-state index contributed by atoms with van der Waals surface area (Å²) in [6.45, 7) is 5.77. The molecule has 1 amide bonds. The van der Waals surface area contributed by atoms with Crippen molar-refractivity contribution in [2.24, 2.45) is 5.92 Å². The van der Waals surface area contributed by atoms with Crippen molar-refractivity contribution in [1.29, 1.82) is 0 Å². The third kappa shape index (κ3) is 9.14. The molecule has 0 fully saturated rings. The summed E-state index contributed by atoms with van der Waals surface area (Å²) in [4.78, 5) is 15.7. The average molecular weight is 626 g/mol. The van der Waals surface area contributed by atoms with Gasteiger partial charge in [-0.2, -0.15) is 4.31 Å². The van der Waals surface area contributed by atoms with Gasteiger partial charge >= 0.3 is 0 Å². The van der Waals surface area contributed by atoms with Gasteiger partial charge in [-0.15, -0.1) is 0 Å². The van der Waals surface area contributed by atoms with Gasteiger partial charge in [0.1, 0.15) is 5.75 Å². The van der Waals surface area contributed by atoms with Gasteiger partial charge in [0.15, 0.2) is 0 Å². The van der Waals surface area contributed by atoms with Gasteiger partial charge in [-0.05, 0) is 63.4 Å². The summed E-state index contributed by atoms with van der Waals surface area (Å²) in [5.74, 6) is -0.475. The van der Waals surface area contributed by atoms with E-state index in [4.69, 9.17) is 9.47 Å². The van der Waals surface area contributed by atoms with Crippen LogP contribution in [0.15, 0.2) is 53.4 Å². The number of nitrogens with one attached hydrogen (secondary N) is 1. The van der Waals surface area contributed by atoms with Crippen LogP contribution in [0.5, 0.6) is 5.75 Å². The Morgan fingerprint density at radius 1 is 1.10 bits per heavy atom. The molecule has 4 atom stereocenters. The Kier molecular flexibility index (Phi) is 11.8. The van der Waals surface area contributed by atoms with Crippen LogP contribution in [0.3, 0.4) is 0 Å². The van der Waals surface area contributed by atoms with Crippen molar-refractivity contribution in [3.63, 3.8) is 0 Å². The molecule has 0 bridgehead atoms. The molecule has 3 rings (SSSR count). The topological polar surface area (TPSA) is 143 Å². The van der Waals surface area contributed by atoms with Crippen LogP contribution in [0.2, 0.25) is 0 Å². The highest BCUT2D eigenvalue weighted by Crippen LogP contribution is 2.29. The Morgan fingerprint density at radius 2 is 1.79 bits per heavy atom. The zero-order valence-electron chi connectivity index (χ0n) is 24.9. The Bertz CT molecular complexity index is 1400. The van der Waals surface area contributed by atoms with Gasteiger partial charge in [0.25, 0.3) is 5.91 Å². The molecule has 0 unspecified atom stereocenters. The summed E-state index contributed by atoms with van der Waals surface area (Å²) >= 11 is 0. The maximum atomic E-state index is 14.1. The van der Waals surface area contributed by atoms with Crippen LogP contribution in [0.25, 0.3) is 0 Å². The molecule has 13 heteroatoms. The number of carbonyl (C=O) groups is 1. The standard InChI is InChI=1S/C29H43N3O8S2/c1-21-18-32(22(2)20-33)29(34)26-17-24(30-41(5,35)36)14-15-27(26)40-23(3)11-9-10-16-39-28(21)19-31(4)42(37,38)25-12-7-6-8-13-25/h6-8,12-15,17,21-23,28,30,33H,9-11,16,18-20H2,1-5H3/t21-,22+,23-,28-/m1/s1. The number of aliphatic hydroxyl groups is 1. The van der Waals surface area contributed by atoms with Gasteiger partial charge in [-0.1, -0.05) is 25.1 Å². The molecule has 1 heterocycles. The molecular formula is C29H43N3O8S2. The molecule has 2 N–H and O–H groups in total. The average Bonchev–Trinajstić information content (AvgIpc) is 2.94. The number of rotatable bonds is 8. The minimum absolute atomic E-state index is 0.0620. The van der Waals surface area contributed by atoms with Crippen molar-refractivity contribution >= 4 is 31.6 Å². The van der Waals surface area contributed by atoms with Crippen molar-refractivity contribution in [2.45, 2.75) is 63.2 Å². The van der Waals surface area contributed by atoms with Crippen molar-refractivity contribution in [3.8, 4) is 5.75 Å². The number of ether oxygens (including phenoxy) is 2. The highest BCUT2D eigenvalue weighted by atomic mass is 32.2. The lowest BCUT2D eigenvalue weighted by Gasteiger charge is -2.35. The number of carbonyl (C=O) groups excluding carboxylic acids is 1. The van der Waals surface area contributed by atoms with Gasteiger partial charge in [0, 0.05) is 38.3 Å². The van der Waals surface area contributed by atoms with E-state index >= 15 is 0 Å². The number of amides is 1. The number of hydrogen-bond donors (Lipinski definition) is 2. The zero-order chi connectivity index (χ0) is 31.1. The molecule has 2 aromatic carbocycles. The highest BCUT2D eigenvalue weighted by molar-refractivity contribution is 7.92. The molecule has 0 aliphatic carbocycles. The van der Waals surface area contributed by atoms with E-state index in [1.807, 2.05) is 13.8 Å². The number of nitrogens with zero attached hydrogens (tertiary/aromatic N) is 2. The fourth-order valence-electron chi connectivity index (χ4n) is 4.79. The minimum Gasteiger partial charge on any atom is -0.490 e. The van der Waals surface area contributed by atoms with Crippen LogP contribution in [0.4, 0.5) is 5.69 Å². The SMILES string of the molecule is C[C@@H]1CCCCO[C@H](CN(C)S(=O)(=O)c2ccccc2)[C@H](C)CN([C@@H](C)CO)C(=O)c2cc(NS(C)(=O)=O)ccc2O1. The third-order valence-corrected chi connectivity index (χ3v) is 9.69. The first-order chi connectivity index (χ1) is 19.7. The summed E-state index contributed by atoms with van der Waals surface area (Å²) in [5, 5.41) is 10.1. The normalized spacial score (nSPS) is 22.1. The second kappa shape index (κ2) is 14.6. The third-order valence-electron chi connectivity index (χ3n) is 7.24. The molecule has 0 saturated heterocycles. The molecule has 42 heavy (non-hydrogen) atoms. The summed E-state index contributed by atoms with van der Waals surface area (Å²) in [6.07, 6.45) is 2.42. The van der Waals surface area contributed by atoms with Crippen molar-refractivity contribution in [3.05, 3.63) is 54.1 Å². The molecular weight excluding hydrogens is 582 g/mol. The minimum atomic E-state index is -3.77. The van der Waals surface area contributed by atoms with E-state index in [-0.39, 0.29) is 47.9 Å². The van der Waals surface area contributed by atoms with Crippen molar-refractivity contribution in [1.82, 2.24) is 9.21 Å². The first-order valence-electron chi connectivity index (χ1n) is 14.1. The lowest BCUT2D eigenvalue weighted by atomic mass is 10.0. The summed E-state index contributed by atoms with van der Waals surface area (Å²) < 4.78 is 66.4. The van der Waals surface area contributed by atoms with Gasteiger partial charge in [0.2, 0.25) is 20.0 Å². The molecule has 0 saturated carbocycles. The molecule has 0 spiro atoms. The van der Waals surface area contributed by atoms with E-state index in [9.17, 15) is 26.7 Å². The predicted octanol–water partition coefficient (Wildman–Crippen LogP) is 3.17. The van der Waals surface area contributed by atoms with Crippen LogP contribution >= 0.6 is 0 Å². The molecule has 2 aromatic rings. The fraction of sp³-hybridized carbons (Fsp3) is 0.552. The second-order valence-electron chi connectivity index (χ2n) is 11.0. The van der Waals surface area contributed by atoms with E-state index in [2.05, 4.69) is 4.72 Å². The van der Waals surface area contributed by atoms with E-state index in [1.165, 1.54) is 22.3 Å². The Labute approximate surface area is 249 Å². The fourth-order valence-corrected chi connectivity index (χ4v) is 6.55. The monoisotopic (exact) mass is 625 g/mol. The number of anilines is 1. The summed E-state index contributed by atoms with van der Waals surface area (Å²) in [5.41, 5.74) is 0.363. The van der Waals surface area contributed by atoms with Crippen LogP contribution < -0.4 is 9.46 Å². The molecule has 0 radical (unpaired) electrons. The Morgan fingerprint density at radius 3 is 2.43 bits per heavy atom. The summed E-state index contributed by atoms with van der Waals surface area (Å²) in [6, 6.07) is 12.1. The number of aliphatic hydroxyl groups excluding tert-OH is 1. The molecule has 11 nitrogen and oxygen atoms in total. The van der Waals surface area contributed by atoms with Gasteiger partial charge in [0.05, 0.1) is 41.6 Å². The quantitative estimate of drug-likeness (QED) is 0.456. The van der Waals surface area contributed by atoms with Gasteiger partial charge < -0.3 is 19.5 Å². The van der Waals surface area contributed by atoms with Crippen molar-refractivity contribution in [2.75, 3.05) is 44.3 Å². The van der Waals surface area contributed by atoms with Crippen LogP contribution in [-0.2, 0) is 24.8 Å². The Balaban J connectivity index is 1.98. The first-order valence-corrected chi connectivity index (χ1v) is 17.4. The maximum absolute atomic E-state index is 14.1. The number of benzene rings is 2. The van der Waals surface area contributed by atoms with Gasteiger partial charge in [-0.3, -0.25) is 9.52 Å². The summed E-state index contributed by atoms with van der Waals surface area (Å²) in [7, 11) is -5.87. The molecule has 1 aliphatic rings. The molecule has 1 aliphatic heterocycles. The number of hydrogen-bond acceptors (Lipinski definition) is 8. The van der Waals surface area contributed by atoms with Crippen molar-refractivity contribution < 1.29 is 36.2 Å². The number of likely N-dealkylation sites (N-methyl/N-ethyl adjacent to an activating group) is 1. The Hall–Kier alpha value is -2.71. The largest absolute Gasteiger partial charge is 0.490 e. The molecule has 0 aromatic heterocycles.